The Labute approximate surface area is 186 Å². The number of aromatic nitrogens is 4. The molecule has 0 saturated heterocycles. The highest BCUT2D eigenvalue weighted by molar-refractivity contribution is 5.62. The minimum absolute atomic E-state index is 0.609. The van der Waals surface area contributed by atoms with Crippen LogP contribution in [0, 0.1) is 0 Å². The zero-order valence-electron chi connectivity index (χ0n) is 17.8. The van der Waals surface area contributed by atoms with Crippen LogP contribution in [0.1, 0.15) is 16.7 Å². The van der Waals surface area contributed by atoms with Crippen molar-refractivity contribution in [1.29, 1.82) is 0 Å². The molecule has 0 unspecified atom stereocenters. The number of rotatable bonds is 7. The van der Waals surface area contributed by atoms with Crippen molar-refractivity contribution in [3.8, 4) is 17.1 Å². The lowest BCUT2D eigenvalue weighted by atomic mass is 10.1. The fraction of sp³-hybridized carbons (Fsp3) is 0.115. The van der Waals surface area contributed by atoms with Gasteiger partial charge in [0.05, 0.1) is 13.3 Å². The summed E-state index contributed by atoms with van der Waals surface area (Å²) in [5, 5.41) is 8.04. The summed E-state index contributed by atoms with van der Waals surface area (Å²) in [6.07, 6.45) is 2.64. The third-order valence-corrected chi connectivity index (χ3v) is 5.32. The van der Waals surface area contributed by atoms with Crippen LogP contribution in [0.2, 0.25) is 0 Å². The maximum Gasteiger partial charge on any atom is 0.228 e. The Kier molecular flexibility index (Phi) is 5.49. The molecule has 6 heteroatoms. The van der Waals surface area contributed by atoms with Gasteiger partial charge in [-0.2, -0.15) is 14.6 Å². The van der Waals surface area contributed by atoms with E-state index in [0.717, 1.165) is 34.5 Å². The van der Waals surface area contributed by atoms with Gasteiger partial charge in [0.1, 0.15) is 5.75 Å². The number of hydrogen-bond acceptors (Lipinski definition) is 5. The summed E-state index contributed by atoms with van der Waals surface area (Å²) in [5.41, 5.74) is 5.17. The summed E-state index contributed by atoms with van der Waals surface area (Å²) < 4.78 is 7.04. The molecule has 2 heterocycles. The third-order valence-electron chi connectivity index (χ3n) is 5.32. The molecule has 0 aliphatic rings. The summed E-state index contributed by atoms with van der Waals surface area (Å²) in [7, 11) is 1.67. The number of anilines is 1. The van der Waals surface area contributed by atoms with Crippen LogP contribution in [-0.4, -0.2) is 26.7 Å². The Balaban J connectivity index is 1.52. The summed E-state index contributed by atoms with van der Waals surface area (Å²) in [5.74, 6) is 2.16. The van der Waals surface area contributed by atoms with E-state index in [9.17, 15) is 0 Å². The molecule has 5 aromatic rings. The Morgan fingerprint density at radius 3 is 2.25 bits per heavy atom. The van der Waals surface area contributed by atoms with E-state index >= 15 is 0 Å². The van der Waals surface area contributed by atoms with Crippen molar-refractivity contribution in [3.05, 3.63) is 108 Å². The smallest absolute Gasteiger partial charge is 0.228 e. The minimum Gasteiger partial charge on any atom is -0.497 e. The molecule has 0 bridgehead atoms. The molecule has 0 atom stereocenters. The number of ether oxygens (including phenoxy) is 1. The number of nitrogens with zero attached hydrogens (tertiary/aromatic N) is 4. The van der Waals surface area contributed by atoms with Crippen LogP contribution in [0.3, 0.4) is 0 Å². The second-order valence-electron chi connectivity index (χ2n) is 7.51. The van der Waals surface area contributed by atoms with Crippen molar-refractivity contribution >= 4 is 11.6 Å². The Hall–Kier alpha value is -4.19. The van der Waals surface area contributed by atoms with Gasteiger partial charge < -0.3 is 10.1 Å². The maximum absolute atomic E-state index is 5.25. The van der Waals surface area contributed by atoms with Crippen LogP contribution < -0.4 is 10.1 Å². The lowest BCUT2D eigenvalue weighted by Crippen LogP contribution is -2.10. The molecule has 0 aliphatic carbocycles. The van der Waals surface area contributed by atoms with E-state index < -0.39 is 0 Å². The Morgan fingerprint density at radius 2 is 1.53 bits per heavy atom. The largest absolute Gasteiger partial charge is 0.497 e. The second kappa shape index (κ2) is 8.89. The van der Waals surface area contributed by atoms with Gasteiger partial charge in [-0.1, -0.05) is 72.8 Å². The molecule has 0 amide bonds. The summed E-state index contributed by atoms with van der Waals surface area (Å²) >= 11 is 0. The first-order valence-corrected chi connectivity index (χ1v) is 10.5. The molecule has 0 aliphatic heterocycles. The summed E-state index contributed by atoms with van der Waals surface area (Å²) in [6, 6.07) is 28.3. The minimum atomic E-state index is 0.609. The van der Waals surface area contributed by atoms with Gasteiger partial charge in [0.25, 0.3) is 0 Å². The molecule has 0 spiro atoms. The van der Waals surface area contributed by atoms with Gasteiger partial charge in [-0.3, -0.25) is 0 Å². The first kappa shape index (κ1) is 19.8. The maximum atomic E-state index is 5.25. The highest BCUT2D eigenvalue weighted by atomic mass is 16.5. The molecular formula is C26H23N5O. The van der Waals surface area contributed by atoms with E-state index in [1.807, 2.05) is 79.0 Å². The van der Waals surface area contributed by atoms with E-state index in [2.05, 4.69) is 22.5 Å². The molecule has 2 aromatic heterocycles. The topological polar surface area (TPSA) is 64.3 Å². The monoisotopic (exact) mass is 421 g/mol. The van der Waals surface area contributed by atoms with Crippen molar-refractivity contribution in [2.75, 3.05) is 12.4 Å². The molecular weight excluding hydrogens is 398 g/mol. The number of benzene rings is 3. The first-order valence-electron chi connectivity index (χ1n) is 10.5. The number of nitrogens with one attached hydrogen (secondary N) is 1. The third kappa shape index (κ3) is 4.16. The number of hydrogen-bond donors (Lipinski definition) is 1. The lowest BCUT2D eigenvalue weighted by Gasteiger charge is -2.11. The van der Waals surface area contributed by atoms with Crippen LogP contribution in [0.5, 0.6) is 5.75 Å². The zero-order chi connectivity index (χ0) is 21.8. The van der Waals surface area contributed by atoms with Crippen molar-refractivity contribution in [1.82, 2.24) is 19.6 Å². The van der Waals surface area contributed by atoms with E-state index in [1.165, 1.54) is 5.56 Å². The molecule has 158 valence electrons. The Bertz CT molecular complexity index is 1320. The van der Waals surface area contributed by atoms with Gasteiger partial charge in [-0.15, -0.1) is 0 Å². The molecule has 0 saturated carbocycles. The van der Waals surface area contributed by atoms with E-state index in [4.69, 9.17) is 14.7 Å². The highest BCUT2D eigenvalue weighted by Gasteiger charge is 2.14. The van der Waals surface area contributed by atoms with E-state index in [1.54, 1.807) is 11.6 Å². The number of fused-ring (bicyclic) bond motifs is 1. The average molecular weight is 422 g/mol. The first-order chi connectivity index (χ1) is 15.8. The normalized spacial score (nSPS) is 10.9. The van der Waals surface area contributed by atoms with E-state index in [0.29, 0.717) is 18.3 Å². The van der Waals surface area contributed by atoms with Crippen molar-refractivity contribution in [2.45, 2.75) is 13.0 Å². The summed E-state index contributed by atoms with van der Waals surface area (Å²) in [6.45, 7) is 0.609. The predicted octanol–water partition coefficient (Wildman–Crippen LogP) is 5.00. The van der Waals surface area contributed by atoms with Crippen LogP contribution >= 0.6 is 0 Å². The van der Waals surface area contributed by atoms with Crippen molar-refractivity contribution in [3.63, 3.8) is 0 Å². The van der Waals surface area contributed by atoms with Gasteiger partial charge in [-0.25, -0.2) is 4.98 Å². The van der Waals surface area contributed by atoms with Crippen LogP contribution in [-0.2, 0) is 13.0 Å². The van der Waals surface area contributed by atoms with Crippen LogP contribution in [0.4, 0.5) is 5.95 Å². The van der Waals surface area contributed by atoms with Gasteiger partial charge in [0.2, 0.25) is 5.95 Å². The van der Waals surface area contributed by atoms with Crippen LogP contribution in [0.25, 0.3) is 17.0 Å². The lowest BCUT2D eigenvalue weighted by molar-refractivity contribution is 0.414. The van der Waals surface area contributed by atoms with Crippen molar-refractivity contribution in [2.24, 2.45) is 0 Å². The summed E-state index contributed by atoms with van der Waals surface area (Å²) in [4.78, 5) is 9.67. The molecule has 0 fully saturated rings. The standard InChI is InChI=1S/C26H23N5O/c1-32-23-14-12-20(13-15-23)17-27-26-30-24(21-10-6-3-7-11-21)29-25-22(18-28-31(25)26)16-19-8-4-2-5-9-19/h2-15,18H,16-17H2,1H3,(H,27,29,30). The molecule has 0 radical (unpaired) electrons. The second-order valence-corrected chi connectivity index (χ2v) is 7.51. The number of methoxy groups -OCH3 is 1. The molecule has 1 N–H and O–H groups in total. The fourth-order valence-electron chi connectivity index (χ4n) is 3.62. The van der Waals surface area contributed by atoms with Crippen LogP contribution in [0.15, 0.2) is 91.1 Å². The molecule has 6 nitrogen and oxygen atoms in total. The average Bonchev–Trinajstić information content (AvgIpc) is 3.26. The molecule has 32 heavy (non-hydrogen) atoms. The van der Waals surface area contributed by atoms with Gasteiger partial charge in [0, 0.05) is 24.1 Å². The zero-order valence-corrected chi connectivity index (χ0v) is 17.8. The SMILES string of the molecule is COc1ccc(CNc2nc(-c3ccccc3)nc3c(Cc4ccccc4)cnn23)cc1. The quantitative estimate of drug-likeness (QED) is 0.401. The molecule has 3 aromatic carbocycles. The van der Waals surface area contributed by atoms with Crippen molar-refractivity contribution < 1.29 is 4.74 Å². The van der Waals surface area contributed by atoms with E-state index in [-0.39, 0.29) is 0 Å². The fourth-order valence-corrected chi connectivity index (χ4v) is 3.62. The van der Waals surface area contributed by atoms with Gasteiger partial charge in [0.15, 0.2) is 11.5 Å². The van der Waals surface area contributed by atoms with Gasteiger partial charge in [-0.05, 0) is 23.3 Å². The van der Waals surface area contributed by atoms with Gasteiger partial charge >= 0.3 is 0 Å². The predicted molar refractivity (Wildman–Crippen MR) is 126 cm³/mol. The Morgan fingerprint density at radius 1 is 0.812 bits per heavy atom. The highest BCUT2D eigenvalue weighted by Crippen LogP contribution is 2.22. The molecule has 5 rings (SSSR count).